The molecule has 1 spiro atoms. The molecular formula is C24H25Cl2NO4. The third kappa shape index (κ3) is 4.83. The minimum Gasteiger partial charge on any atom is -0.492 e. The van der Waals surface area contributed by atoms with Crippen LogP contribution in [0.3, 0.4) is 0 Å². The van der Waals surface area contributed by atoms with Crippen molar-refractivity contribution in [2.75, 3.05) is 19.7 Å². The monoisotopic (exact) mass is 461 g/mol. The first-order chi connectivity index (χ1) is 14.9. The van der Waals surface area contributed by atoms with E-state index in [0.717, 1.165) is 5.56 Å². The quantitative estimate of drug-likeness (QED) is 0.552. The highest BCUT2D eigenvalue weighted by molar-refractivity contribution is 6.32. The molecule has 2 aliphatic heterocycles. The molecule has 164 valence electrons. The van der Waals surface area contributed by atoms with Crippen LogP contribution in [0.4, 0.5) is 0 Å². The Kier molecular flexibility index (Phi) is 6.44. The van der Waals surface area contributed by atoms with Crippen molar-refractivity contribution < 1.29 is 19.1 Å². The lowest BCUT2D eigenvalue weighted by molar-refractivity contribution is -0.135. The lowest BCUT2D eigenvalue weighted by Gasteiger charge is -2.44. The first-order valence-corrected chi connectivity index (χ1v) is 11.3. The van der Waals surface area contributed by atoms with Crippen molar-refractivity contribution in [2.24, 2.45) is 0 Å². The molecule has 2 aromatic rings. The highest BCUT2D eigenvalue weighted by Crippen LogP contribution is 2.42. The smallest absolute Gasteiger partial charge is 0.222 e. The number of carbonyl (C=O) groups excluding carboxylic acids is 2. The highest BCUT2D eigenvalue weighted by Gasteiger charge is 2.44. The van der Waals surface area contributed by atoms with Crippen molar-refractivity contribution in [3.63, 3.8) is 0 Å². The Bertz CT molecular complexity index is 999. The first-order valence-electron chi connectivity index (χ1n) is 10.5. The SMILES string of the molecule is Cc1cc(Cl)cc2c1OC1(CCN(C(=O)CCCOc3ccccc3Cl)CC1)CC2=O. The predicted octanol–water partition coefficient (Wildman–Crippen LogP) is 5.49. The number of nitrogens with zero attached hydrogens (tertiary/aromatic N) is 1. The number of hydrogen-bond acceptors (Lipinski definition) is 4. The van der Waals surface area contributed by atoms with Gasteiger partial charge in [0.05, 0.1) is 23.6 Å². The van der Waals surface area contributed by atoms with Crippen LogP contribution in [0.25, 0.3) is 0 Å². The second-order valence-electron chi connectivity index (χ2n) is 8.25. The molecule has 2 heterocycles. The summed E-state index contributed by atoms with van der Waals surface area (Å²) in [5, 5.41) is 1.11. The number of carbonyl (C=O) groups is 2. The molecule has 0 aliphatic carbocycles. The largest absolute Gasteiger partial charge is 0.492 e. The highest BCUT2D eigenvalue weighted by atomic mass is 35.5. The van der Waals surface area contributed by atoms with Crippen molar-refractivity contribution in [1.29, 1.82) is 0 Å². The second-order valence-corrected chi connectivity index (χ2v) is 9.09. The minimum atomic E-state index is -0.535. The Balaban J connectivity index is 1.29. The van der Waals surface area contributed by atoms with Crippen LogP contribution in [0.15, 0.2) is 36.4 Å². The maximum atomic E-state index is 12.8. The zero-order chi connectivity index (χ0) is 22.0. The maximum absolute atomic E-state index is 12.8. The molecule has 7 heteroatoms. The Labute approximate surface area is 192 Å². The van der Waals surface area contributed by atoms with Gasteiger partial charge in [0.25, 0.3) is 0 Å². The summed E-state index contributed by atoms with van der Waals surface area (Å²) in [4.78, 5) is 27.2. The molecule has 0 unspecified atom stereocenters. The summed E-state index contributed by atoms with van der Waals surface area (Å²) < 4.78 is 12.0. The molecular weight excluding hydrogens is 437 g/mol. The van der Waals surface area contributed by atoms with Crippen LogP contribution >= 0.6 is 23.2 Å². The number of ether oxygens (including phenoxy) is 2. The van der Waals surface area contributed by atoms with Crippen molar-refractivity contribution in [3.05, 3.63) is 57.6 Å². The summed E-state index contributed by atoms with van der Waals surface area (Å²) in [7, 11) is 0. The van der Waals surface area contributed by atoms with Gasteiger partial charge in [-0.05, 0) is 43.2 Å². The van der Waals surface area contributed by atoms with Gasteiger partial charge in [0.1, 0.15) is 17.1 Å². The van der Waals surface area contributed by atoms with Crippen molar-refractivity contribution in [1.82, 2.24) is 4.90 Å². The third-order valence-electron chi connectivity index (χ3n) is 6.00. The molecule has 1 saturated heterocycles. The number of para-hydroxylation sites is 1. The Morgan fingerprint density at radius 2 is 1.94 bits per heavy atom. The van der Waals surface area contributed by atoms with E-state index in [9.17, 15) is 9.59 Å². The van der Waals surface area contributed by atoms with Crippen molar-refractivity contribution in [3.8, 4) is 11.5 Å². The average molecular weight is 462 g/mol. The number of halogens is 2. The third-order valence-corrected chi connectivity index (χ3v) is 6.53. The molecule has 31 heavy (non-hydrogen) atoms. The van der Waals surface area contributed by atoms with Crippen LogP contribution in [-0.4, -0.2) is 41.9 Å². The van der Waals surface area contributed by atoms with Gasteiger partial charge >= 0.3 is 0 Å². The maximum Gasteiger partial charge on any atom is 0.222 e. The molecule has 0 atom stereocenters. The van der Waals surface area contributed by atoms with E-state index in [1.165, 1.54) is 0 Å². The van der Waals surface area contributed by atoms with Crippen LogP contribution in [0.1, 0.15) is 48.0 Å². The molecule has 0 bridgehead atoms. The molecule has 0 aromatic heterocycles. The van der Waals surface area contributed by atoms with E-state index in [1.807, 2.05) is 36.1 Å². The normalized spacial score (nSPS) is 17.3. The number of Topliss-reactive ketones (excluding diaryl/α,β-unsaturated/α-hetero) is 1. The number of fused-ring (bicyclic) bond motifs is 1. The number of amides is 1. The van der Waals surface area contributed by atoms with E-state index in [0.29, 0.717) is 78.9 Å². The number of ketones is 1. The Hall–Kier alpha value is -2.24. The van der Waals surface area contributed by atoms with Gasteiger partial charge in [0, 0.05) is 37.4 Å². The molecule has 0 saturated carbocycles. The van der Waals surface area contributed by atoms with Crippen LogP contribution in [0, 0.1) is 6.92 Å². The van der Waals surface area contributed by atoms with Gasteiger partial charge in [0.15, 0.2) is 5.78 Å². The summed E-state index contributed by atoms with van der Waals surface area (Å²) >= 11 is 12.2. The lowest BCUT2D eigenvalue weighted by atomic mass is 9.82. The summed E-state index contributed by atoms with van der Waals surface area (Å²) in [6.45, 7) is 3.50. The standard InChI is InChI=1S/C24H25Cl2NO4/c1-16-13-17(25)14-18-20(28)15-24(31-23(16)18)8-10-27(11-9-24)22(29)7-4-12-30-21-6-3-2-5-19(21)26/h2-3,5-6,13-14H,4,7-12,15H2,1H3. The number of piperidine rings is 1. The van der Waals surface area contributed by atoms with Gasteiger partial charge in [-0.3, -0.25) is 9.59 Å². The zero-order valence-corrected chi connectivity index (χ0v) is 19.0. The summed E-state index contributed by atoms with van der Waals surface area (Å²) in [5.41, 5.74) is 0.895. The predicted molar refractivity (Wildman–Crippen MR) is 120 cm³/mol. The summed E-state index contributed by atoms with van der Waals surface area (Å²) in [6, 6.07) is 10.8. The molecule has 5 nitrogen and oxygen atoms in total. The van der Waals surface area contributed by atoms with Crippen LogP contribution in [-0.2, 0) is 4.79 Å². The molecule has 1 amide bonds. The number of aryl methyl sites for hydroxylation is 1. The van der Waals surface area contributed by atoms with Crippen LogP contribution < -0.4 is 9.47 Å². The van der Waals surface area contributed by atoms with Gasteiger partial charge in [0.2, 0.25) is 5.91 Å². The number of likely N-dealkylation sites (tertiary alicyclic amines) is 1. The van der Waals surface area contributed by atoms with Gasteiger partial charge in [-0.2, -0.15) is 0 Å². The lowest BCUT2D eigenvalue weighted by Crippen LogP contribution is -2.52. The number of rotatable bonds is 5. The number of benzene rings is 2. The van der Waals surface area contributed by atoms with Gasteiger partial charge in [-0.25, -0.2) is 0 Å². The van der Waals surface area contributed by atoms with Crippen molar-refractivity contribution >= 4 is 34.9 Å². The zero-order valence-electron chi connectivity index (χ0n) is 17.5. The fourth-order valence-electron chi connectivity index (χ4n) is 4.28. The van der Waals surface area contributed by atoms with E-state index in [-0.39, 0.29) is 11.7 Å². The van der Waals surface area contributed by atoms with Crippen molar-refractivity contribution in [2.45, 2.75) is 44.6 Å². The Morgan fingerprint density at radius 1 is 1.19 bits per heavy atom. The van der Waals surface area contributed by atoms with Gasteiger partial charge < -0.3 is 14.4 Å². The topological polar surface area (TPSA) is 55.8 Å². The molecule has 0 radical (unpaired) electrons. The van der Waals surface area contributed by atoms with E-state index in [1.54, 1.807) is 12.1 Å². The molecule has 2 aliphatic rings. The Morgan fingerprint density at radius 3 is 2.68 bits per heavy atom. The first kappa shape index (κ1) is 22.0. The summed E-state index contributed by atoms with van der Waals surface area (Å²) in [5.74, 6) is 1.43. The fraction of sp³-hybridized carbons (Fsp3) is 0.417. The molecule has 0 N–H and O–H groups in total. The van der Waals surface area contributed by atoms with Gasteiger partial charge in [-0.15, -0.1) is 0 Å². The average Bonchev–Trinajstić information content (AvgIpc) is 2.74. The van der Waals surface area contributed by atoms with E-state index in [2.05, 4.69) is 0 Å². The molecule has 2 aromatic carbocycles. The van der Waals surface area contributed by atoms with E-state index < -0.39 is 5.60 Å². The number of hydrogen-bond donors (Lipinski definition) is 0. The minimum absolute atomic E-state index is 0.0587. The van der Waals surface area contributed by atoms with E-state index in [4.69, 9.17) is 32.7 Å². The van der Waals surface area contributed by atoms with E-state index >= 15 is 0 Å². The molecule has 4 rings (SSSR count). The molecule has 1 fully saturated rings. The fourth-order valence-corrected chi connectivity index (χ4v) is 4.74. The van der Waals surface area contributed by atoms with Crippen LogP contribution in [0.5, 0.6) is 11.5 Å². The van der Waals surface area contributed by atoms with Crippen LogP contribution in [0.2, 0.25) is 10.0 Å². The van der Waals surface area contributed by atoms with Gasteiger partial charge in [-0.1, -0.05) is 35.3 Å². The second kappa shape index (κ2) is 9.09. The summed E-state index contributed by atoms with van der Waals surface area (Å²) in [6.07, 6.45) is 2.64.